The Labute approximate surface area is 85.2 Å². The Morgan fingerprint density at radius 2 is 2.38 bits per heavy atom. The first-order valence-corrected chi connectivity index (χ1v) is 5.68. The van der Waals surface area contributed by atoms with Gasteiger partial charge in [-0.25, -0.2) is 0 Å². The van der Waals surface area contributed by atoms with Crippen molar-refractivity contribution in [3.63, 3.8) is 0 Å². The summed E-state index contributed by atoms with van der Waals surface area (Å²) in [5.74, 6) is 0.253. The summed E-state index contributed by atoms with van der Waals surface area (Å²) in [6.07, 6.45) is 5.90. The number of carbonyl (C=O) groups excluding carboxylic acids is 1. The Balaban J connectivity index is 2.39. The lowest BCUT2D eigenvalue weighted by molar-refractivity contribution is -0.129. The van der Waals surface area contributed by atoms with E-state index in [1.54, 1.807) is 0 Å². The number of hydrogen-bond acceptors (Lipinski definition) is 1. The van der Waals surface area contributed by atoms with Gasteiger partial charge in [0, 0.05) is 12.6 Å². The first kappa shape index (κ1) is 10.8. The van der Waals surface area contributed by atoms with Crippen LogP contribution in [0.3, 0.4) is 0 Å². The van der Waals surface area contributed by atoms with Gasteiger partial charge in [-0.05, 0) is 19.3 Å². The third kappa shape index (κ3) is 2.87. The van der Waals surface area contributed by atoms with Crippen LogP contribution in [0.25, 0.3) is 0 Å². The number of nitrogens with zero attached hydrogens (tertiary/aromatic N) is 1. The molecule has 0 aromatic rings. The van der Waals surface area contributed by atoms with E-state index in [-0.39, 0.29) is 11.8 Å². The topological polar surface area (TPSA) is 20.3 Å². The van der Waals surface area contributed by atoms with Crippen molar-refractivity contribution < 1.29 is 4.79 Å². The zero-order valence-corrected chi connectivity index (χ0v) is 9.02. The van der Waals surface area contributed by atoms with Gasteiger partial charge in [-0.2, -0.15) is 0 Å². The molecule has 1 aliphatic rings. The highest BCUT2D eigenvalue weighted by atomic mass is 35.5. The highest BCUT2D eigenvalue weighted by Crippen LogP contribution is 2.22. The second kappa shape index (κ2) is 5.48. The molecule has 0 saturated carbocycles. The van der Waals surface area contributed by atoms with Crippen molar-refractivity contribution in [1.82, 2.24) is 4.90 Å². The maximum Gasteiger partial charge on any atom is 0.237 e. The Morgan fingerprint density at radius 1 is 1.62 bits per heavy atom. The van der Waals surface area contributed by atoms with Crippen LogP contribution in [0.15, 0.2) is 0 Å². The molecule has 0 bridgehead atoms. The van der Waals surface area contributed by atoms with E-state index in [2.05, 4.69) is 6.92 Å². The number of alkyl halides is 1. The summed E-state index contributed by atoms with van der Waals surface area (Å²) in [6.45, 7) is 3.10. The molecule has 0 N–H and O–H groups in total. The zero-order valence-electron chi connectivity index (χ0n) is 8.26. The second-order valence-electron chi connectivity index (χ2n) is 3.66. The van der Waals surface area contributed by atoms with Crippen LogP contribution in [0.4, 0.5) is 0 Å². The molecule has 1 atom stereocenters. The molecule has 1 heterocycles. The molecule has 13 heavy (non-hydrogen) atoms. The number of hydrogen-bond donors (Lipinski definition) is 0. The van der Waals surface area contributed by atoms with Gasteiger partial charge >= 0.3 is 0 Å². The normalized spacial score (nSPS) is 22.3. The van der Waals surface area contributed by atoms with Crippen LogP contribution in [-0.2, 0) is 4.79 Å². The van der Waals surface area contributed by atoms with E-state index >= 15 is 0 Å². The van der Waals surface area contributed by atoms with E-state index in [1.807, 2.05) is 4.90 Å². The quantitative estimate of drug-likeness (QED) is 0.643. The molecule has 1 amide bonds. The van der Waals surface area contributed by atoms with E-state index in [0.717, 1.165) is 19.4 Å². The third-order valence-corrected chi connectivity index (χ3v) is 2.93. The summed E-state index contributed by atoms with van der Waals surface area (Å²) in [5.41, 5.74) is 0. The molecule has 3 heteroatoms. The minimum absolute atomic E-state index is 0.111. The van der Waals surface area contributed by atoms with Gasteiger partial charge < -0.3 is 4.90 Å². The van der Waals surface area contributed by atoms with Gasteiger partial charge in [0.05, 0.1) is 0 Å². The van der Waals surface area contributed by atoms with Crippen molar-refractivity contribution in [2.24, 2.45) is 0 Å². The fraction of sp³-hybridized carbons (Fsp3) is 0.900. The van der Waals surface area contributed by atoms with Gasteiger partial charge in [0.2, 0.25) is 5.91 Å². The lowest BCUT2D eigenvalue weighted by Gasteiger charge is -2.23. The summed E-state index contributed by atoms with van der Waals surface area (Å²) in [5, 5.41) is 0. The monoisotopic (exact) mass is 203 g/mol. The molecule has 1 fully saturated rings. The Morgan fingerprint density at radius 3 is 3.00 bits per heavy atom. The van der Waals surface area contributed by atoms with Gasteiger partial charge in [0.25, 0.3) is 0 Å². The van der Waals surface area contributed by atoms with Crippen LogP contribution in [0.5, 0.6) is 0 Å². The summed E-state index contributed by atoms with van der Waals surface area (Å²) in [7, 11) is 0. The number of likely N-dealkylation sites (tertiary alicyclic amines) is 1. The zero-order chi connectivity index (χ0) is 9.68. The average Bonchev–Trinajstić information content (AvgIpc) is 2.61. The fourth-order valence-electron chi connectivity index (χ4n) is 1.98. The molecule has 0 aromatic carbocycles. The van der Waals surface area contributed by atoms with Crippen LogP contribution in [0, 0.1) is 0 Å². The molecule has 0 aromatic heterocycles. The standard InChI is InChI=1S/C10H18ClNO/c1-2-3-5-9-6-4-7-12(9)10(13)8-11/h9H,2-8H2,1H3/t9-/m0/s1. The minimum Gasteiger partial charge on any atom is -0.339 e. The van der Waals surface area contributed by atoms with Crippen molar-refractivity contribution in [3.8, 4) is 0 Å². The molecule has 76 valence electrons. The third-order valence-electron chi connectivity index (χ3n) is 2.70. The predicted octanol–water partition coefficient (Wildman–Crippen LogP) is 2.41. The predicted molar refractivity (Wildman–Crippen MR) is 55.0 cm³/mol. The smallest absolute Gasteiger partial charge is 0.237 e. The molecule has 0 unspecified atom stereocenters. The maximum atomic E-state index is 11.4. The SMILES string of the molecule is CCCC[C@H]1CCCN1C(=O)CCl. The van der Waals surface area contributed by atoms with E-state index in [4.69, 9.17) is 11.6 Å². The maximum absolute atomic E-state index is 11.4. The van der Waals surface area contributed by atoms with Crippen LogP contribution in [0.1, 0.15) is 39.0 Å². The summed E-state index contributed by atoms with van der Waals surface area (Å²) < 4.78 is 0. The van der Waals surface area contributed by atoms with Gasteiger partial charge in [0.1, 0.15) is 5.88 Å². The van der Waals surface area contributed by atoms with Crippen molar-refractivity contribution in [2.45, 2.75) is 45.1 Å². The summed E-state index contributed by atoms with van der Waals surface area (Å²) in [4.78, 5) is 13.3. The first-order chi connectivity index (χ1) is 6.29. The molecular weight excluding hydrogens is 186 g/mol. The molecule has 0 spiro atoms. The van der Waals surface area contributed by atoms with Gasteiger partial charge in [-0.3, -0.25) is 4.79 Å². The van der Waals surface area contributed by atoms with Gasteiger partial charge in [0.15, 0.2) is 0 Å². The van der Waals surface area contributed by atoms with Crippen molar-refractivity contribution in [3.05, 3.63) is 0 Å². The highest BCUT2D eigenvalue weighted by molar-refractivity contribution is 6.27. The fourth-order valence-corrected chi connectivity index (χ4v) is 2.13. The number of carbonyl (C=O) groups is 1. The van der Waals surface area contributed by atoms with Crippen LogP contribution < -0.4 is 0 Å². The summed E-state index contributed by atoms with van der Waals surface area (Å²) in [6, 6.07) is 0.478. The molecule has 1 saturated heterocycles. The Kier molecular flexibility index (Phi) is 4.57. The van der Waals surface area contributed by atoms with Crippen LogP contribution >= 0.6 is 11.6 Å². The number of rotatable bonds is 4. The van der Waals surface area contributed by atoms with Crippen LogP contribution in [-0.4, -0.2) is 29.3 Å². The second-order valence-corrected chi connectivity index (χ2v) is 3.93. The van der Waals surface area contributed by atoms with E-state index in [0.29, 0.717) is 6.04 Å². The minimum atomic E-state index is 0.111. The number of amides is 1. The molecule has 2 nitrogen and oxygen atoms in total. The van der Waals surface area contributed by atoms with Gasteiger partial charge in [-0.1, -0.05) is 19.8 Å². The molecule has 1 aliphatic heterocycles. The van der Waals surface area contributed by atoms with Crippen molar-refractivity contribution in [1.29, 1.82) is 0 Å². The molecular formula is C10H18ClNO. The molecule has 1 rings (SSSR count). The lowest BCUT2D eigenvalue weighted by atomic mass is 10.1. The largest absolute Gasteiger partial charge is 0.339 e. The summed E-state index contributed by atoms with van der Waals surface area (Å²) >= 11 is 5.54. The highest BCUT2D eigenvalue weighted by Gasteiger charge is 2.26. The van der Waals surface area contributed by atoms with Gasteiger partial charge in [-0.15, -0.1) is 11.6 Å². The number of unbranched alkanes of at least 4 members (excludes halogenated alkanes) is 1. The van der Waals surface area contributed by atoms with Crippen molar-refractivity contribution >= 4 is 17.5 Å². The Hall–Kier alpha value is -0.240. The first-order valence-electron chi connectivity index (χ1n) is 5.15. The molecule has 0 radical (unpaired) electrons. The van der Waals surface area contributed by atoms with E-state index in [9.17, 15) is 4.79 Å². The van der Waals surface area contributed by atoms with E-state index < -0.39 is 0 Å². The lowest BCUT2D eigenvalue weighted by Crippen LogP contribution is -2.36. The average molecular weight is 204 g/mol. The van der Waals surface area contributed by atoms with E-state index in [1.165, 1.54) is 19.3 Å². The Bertz CT molecular complexity index is 172. The number of halogens is 1. The van der Waals surface area contributed by atoms with Crippen molar-refractivity contribution in [2.75, 3.05) is 12.4 Å². The van der Waals surface area contributed by atoms with Crippen LogP contribution in [0.2, 0.25) is 0 Å². The molecule has 0 aliphatic carbocycles.